The number of aryl methyl sites for hydroxylation is 1. The number of fused-ring (bicyclic) bond motifs is 1. The summed E-state index contributed by atoms with van der Waals surface area (Å²) in [4.78, 5) is 12.0. The summed E-state index contributed by atoms with van der Waals surface area (Å²) in [6, 6.07) is 4.21. The average Bonchev–Trinajstić information content (AvgIpc) is 3.44. The molecule has 1 fully saturated rings. The molecule has 2 aromatic rings. The summed E-state index contributed by atoms with van der Waals surface area (Å²) < 4.78 is 12.9. The van der Waals surface area contributed by atoms with Crippen LogP contribution in [0.15, 0.2) is 27.8 Å². The number of hydrogen-bond donors (Lipinski definition) is 2. The van der Waals surface area contributed by atoms with Gasteiger partial charge in [0.15, 0.2) is 11.8 Å². The van der Waals surface area contributed by atoms with Crippen LogP contribution in [-0.4, -0.2) is 77.6 Å². The van der Waals surface area contributed by atoms with Crippen LogP contribution in [0.3, 0.4) is 0 Å². The van der Waals surface area contributed by atoms with E-state index in [1.54, 1.807) is 6.26 Å². The largest absolute Gasteiger partial charge is 0.469 e. The van der Waals surface area contributed by atoms with Crippen LogP contribution in [0.2, 0.25) is 0 Å². The topological polar surface area (TPSA) is 92.7 Å². The highest BCUT2D eigenvalue weighted by Gasteiger charge is 2.23. The lowest BCUT2D eigenvalue weighted by Gasteiger charge is -2.27. The van der Waals surface area contributed by atoms with Gasteiger partial charge in [-0.15, -0.1) is 24.0 Å². The quantitative estimate of drug-likeness (QED) is 0.292. The van der Waals surface area contributed by atoms with Crippen molar-refractivity contribution < 1.29 is 9.15 Å². The van der Waals surface area contributed by atoms with Gasteiger partial charge in [-0.3, -0.25) is 9.89 Å². The van der Waals surface area contributed by atoms with E-state index in [9.17, 15) is 0 Å². The Labute approximate surface area is 207 Å². The molecule has 178 valence electrons. The molecule has 0 aliphatic carbocycles. The molecule has 0 spiro atoms. The molecule has 0 bridgehead atoms. The van der Waals surface area contributed by atoms with E-state index >= 15 is 0 Å². The number of guanidine groups is 1. The molecule has 9 nitrogen and oxygen atoms in total. The Hall–Kier alpha value is -1.66. The Morgan fingerprint density at radius 3 is 2.91 bits per heavy atom. The summed E-state index contributed by atoms with van der Waals surface area (Å²) in [5.41, 5.74) is 0. The highest BCUT2D eigenvalue weighted by Crippen LogP contribution is 2.17. The normalized spacial score (nSPS) is 19.5. The van der Waals surface area contributed by atoms with Gasteiger partial charge in [0, 0.05) is 51.0 Å². The molecule has 0 radical (unpaired) electrons. The number of furan rings is 1. The number of rotatable bonds is 8. The molecule has 2 aromatic heterocycles. The first-order valence-corrected chi connectivity index (χ1v) is 11.5. The predicted octanol–water partition coefficient (Wildman–Crippen LogP) is 2.04. The minimum absolute atomic E-state index is 0. The molecule has 2 aliphatic rings. The Kier molecular flexibility index (Phi) is 9.79. The number of nitrogens with zero attached hydrogens (tertiary/aromatic N) is 5. The van der Waals surface area contributed by atoms with Crippen molar-refractivity contribution in [1.82, 2.24) is 30.3 Å². The molecule has 4 rings (SSSR count). The molecule has 0 saturated carbocycles. The fraction of sp³-hybridized carbons (Fsp3) is 0.682. The van der Waals surface area contributed by atoms with Crippen molar-refractivity contribution in [3.8, 4) is 0 Å². The minimum Gasteiger partial charge on any atom is -0.469 e. The molecule has 10 heteroatoms. The van der Waals surface area contributed by atoms with Crippen LogP contribution in [0.4, 0.5) is 0 Å². The van der Waals surface area contributed by atoms with E-state index in [4.69, 9.17) is 24.2 Å². The van der Waals surface area contributed by atoms with Gasteiger partial charge in [0.1, 0.15) is 11.6 Å². The standard InChI is InChI=1S/C22H35N7O2.HI/c1-17(2)21-26-20-6-5-18(16-29(20)27-21)25-22(23-8-7-19-4-3-13-31-19)24-9-10-28-11-14-30-15-12-28;/h3-4,13,17-18H,5-12,14-16H2,1-2H3,(H2,23,24,25);1H. The number of ether oxygens (including phenoxy) is 1. The third-order valence-corrected chi connectivity index (χ3v) is 5.77. The van der Waals surface area contributed by atoms with Crippen molar-refractivity contribution in [2.45, 2.75) is 51.6 Å². The zero-order valence-corrected chi connectivity index (χ0v) is 21.5. The van der Waals surface area contributed by atoms with Crippen LogP contribution in [-0.2, 0) is 24.1 Å². The van der Waals surface area contributed by atoms with Crippen molar-refractivity contribution in [3.63, 3.8) is 0 Å². The molecule has 1 atom stereocenters. The summed E-state index contributed by atoms with van der Waals surface area (Å²) in [5.74, 6) is 4.22. The molecular formula is C22H36IN7O2. The van der Waals surface area contributed by atoms with Crippen LogP contribution in [0, 0.1) is 0 Å². The first-order valence-electron chi connectivity index (χ1n) is 11.5. The van der Waals surface area contributed by atoms with Gasteiger partial charge >= 0.3 is 0 Å². The summed E-state index contributed by atoms with van der Waals surface area (Å²) in [5, 5.41) is 11.8. The van der Waals surface area contributed by atoms with Gasteiger partial charge in [-0.2, -0.15) is 5.10 Å². The van der Waals surface area contributed by atoms with Crippen LogP contribution >= 0.6 is 24.0 Å². The minimum atomic E-state index is 0. The lowest BCUT2D eigenvalue weighted by Crippen LogP contribution is -2.48. The molecule has 1 saturated heterocycles. The van der Waals surface area contributed by atoms with E-state index in [0.717, 1.165) is 95.1 Å². The number of hydrogen-bond acceptors (Lipinski definition) is 6. The summed E-state index contributed by atoms with van der Waals surface area (Å²) in [7, 11) is 0. The lowest BCUT2D eigenvalue weighted by molar-refractivity contribution is 0.0394. The van der Waals surface area contributed by atoms with Gasteiger partial charge in [-0.1, -0.05) is 13.8 Å². The highest BCUT2D eigenvalue weighted by molar-refractivity contribution is 14.0. The summed E-state index contributed by atoms with van der Waals surface area (Å²) in [6.07, 6.45) is 4.50. The second-order valence-corrected chi connectivity index (χ2v) is 8.54. The molecule has 2 N–H and O–H groups in total. The highest BCUT2D eigenvalue weighted by atomic mass is 127. The maximum Gasteiger partial charge on any atom is 0.191 e. The monoisotopic (exact) mass is 557 g/mol. The molecular weight excluding hydrogens is 521 g/mol. The Morgan fingerprint density at radius 2 is 2.16 bits per heavy atom. The van der Waals surface area contributed by atoms with E-state index in [2.05, 4.69) is 34.1 Å². The van der Waals surface area contributed by atoms with Gasteiger partial charge in [-0.05, 0) is 18.6 Å². The SMILES string of the molecule is CC(C)c1nc2n(n1)CC(NC(=NCCN1CCOCC1)NCCc1ccco1)CC2.I. The van der Waals surface area contributed by atoms with Crippen LogP contribution in [0.5, 0.6) is 0 Å². The molecule has 4 heterocycles. The van der Waals surface area contributed by atoms with Crippen molar-refractivity contribution >= 4 is 29.9 Å². The average molecular weight is 557 g/mol. The number of aliphatic imine (C=N–C) groups is 1. The Morgan fingerprint density at radius 1 is 1.31 bits per heavy atom. The van der Waals surface area contributed by atoms with Crippen LogP contribution < -0.4 is 10.6 Å². The molecule has 32 heavy (non-hydrogen) atoms. The zero-order valence-electron chi connectivity index (χ0n) is 19.1. The number of morpholine rings is 1. The van der Waals surface area contributed by atoms with E-state index in [1.807, 2.05) is 12.1 Å². The first kappa shape index (κ1) is 25.0. The zero-order chi connectivity index (χ0) is 21.5. The van der Waals surface area contributed by atoms with Gasteiger partial charge in [-0.25, -0.2) is 9.67 Å². The smallest absolute Gasteiger partial charge is 0.191 e. The Bertz CT molecular complexity index is 831. The van der Waals surface area contributed by atoms with Gasteiger partial charge < -0.3 is 19.8 Å². The van der Waals surface area contributed by atoms with Crippen molar-refractivity contribution in [3.05, 3.63) is 35.8 Å². The van der Waals surface area contributed by atoms with E-state index in [0.29, 0.717) is 5.92 Å². The maximum absolute atomic E-state index is 5.45. The van der Waals surface area contributed by atoms with Gasteiger partial charge in [0.25, 0.3) is 0 Å². The first-order chi connectivity index (χ1) is 15.2. The summed E-state index contributed by atoms with van der Waals surface area (Å²) >= 11 is 0. The number of nitrogens with one attached hydrogen (secondary N) is 2. The van der Waals surface area contributed by atoms with E-state index < -0.39 is 0 Å². The fourth-order valence-corrected chi connectivity index (χ4v) is 3.92. The Balaban J connectivity index is 0.00000289. The second-order valence-electron chi connectivity index (χ2n) is 8.54. The summed E-state index contributed by atoms with van der Waals surface area (Å²) in [6.45, 7) is 11.2. The lowest BCUT2D eigenvalue weighted by atomic mass is 10.1. The molecule has 0 aromatic carbocycles. The second kappa shape index (κ2) is 12.5. The predicted molar refractivity (Wildman–Crippen MR) is 135 cm³/mol. The fourth-order valence-electron chi connectivity index (χ4n) is 3.92. The van der Waals surface area contributed by atoms with Crippen molar-refractivity contribution in [2.24, 2.45) is 4.99 Å². The van der Waals surface area contributed by atoms with Crippen LogP contribution in [0.1, 0.15) is 43.6 Å². The van der Waals surface area contributed by atoms with E-state index in [-0.39, 0.29) is 30.0 Å². The van der Waals surface area contributed by atoms with Crippen LogP contribution in [0.25, 0.3) is 0 Å². The molecule has 0 amide bonds. The molecule has 2 aliphatic heterocycles. The third-order valence-electron chi connectivity index (χ3n) is 5.77. The molecule has 1 unspecified atom stereocenters. The van der Waals surface area contributed by atoms with Gasteiger partial charge in [0.2, 0.25) is 0 Å². The maximum atomic E-state index is 5.45. The van der Waals surface area contributed by atoms with Crippen molar-refractivity contribution in [2.75, 3.05) is 45.9 Å². The van der Waals surface area contributed by atoms with Crippen molar-refractivity contribution in [1.29, 1.82) is 0 Å². The van der Waals surface area contributed by atoms with E-state index in [1.165, 1.54) is 0 Å². The number of halogens is 1. The number of aromatic nitrogens is 3. The third kappa shape index (κ3) is 7.17. The van der Waals surface area contributed by atoms with Gasteiger partial charge in [0.05, 0.1) is 32.6 Å².